The van der Waals surface area contributed by atoms with Gasteiger partial charge in [0.2, 0.25) is 0 Å². The van der Waals surface area contributed by atoms with E-state index in [4.69, 9.17) is 0 Å². The quantitative estimate of drug-likeness (QED) is 0.851. The van der Waals surface area contributed by atoms with Crippen molar-refractivity contribution in [3.63, 3.8) is 0 Å². The van der Waals surface area contributed by atoms with Crippen LogP contribution < -0.4 is 10.2 Å². The van der Waals surface area contributed by atoms with Gasteiger partial charge in [0.1, 0.15) is 0 Å². The zero-order valence-electron chi connectivity index (χ0n) is 10.5. The van der Waals surface area contributed by atoms with Crippen LogP contribution in [0, 0.1) is 5.92 Å². The molecular formula is C15H22N2. The average Bonchev–Trinajstić information content (AvgIpc) is 2.81. The van der Waals surface area contributed by atoms with Gasteiger partial charge in [-0.25, -0.2) is 0 Å². The first kappa shape index (κ1) is 10.9. The van der Waals surface area contributed by atoms with E-state index in [0.717, 1.165) is 12.5 Å². The van der Waals surface area contributed by atoms with Gasteiger partial charge in [-0.3, -0.25) is 0 Å². The lowest BCUT2D eigenvalue weighted by Gasteiger charge is -2.26. The fourth-order valence-corrected chi connectivity index (χ4v) is 2.75. The Bertz CT molecular complexity index is 365. The second-order valence-corrected chi connectivity index (χ2v) is 5.42. The maximum absolute atomic E-state index is 3.58. The molecule has 0 aromatic heterocycles. The van der Waals surface area contributed by atoms with Crippen LogP contribution in [-0.2, 0) is 0 Å². The largest absolute Gasteiger partial charge is 0.385 e. The number of nitrogens with one attached hydrogen (secondary N) is 1. The van der Waals surface area contributed by atoms with Crippen LogP contribution >= 0.6 is 0 Å². The molecule has 2 nitrogen and oxygen atoms in total. The Kier molecular flexibility index (Phi) is 3.21. The first-order valence-electron chi connectivity index (χ1n) is 7.01. The summed E-state index contributed by atoms with van der Waals surface area (Å²) in [5, 5.41) is 3.58. The molecule has 0 unspecified atom stereocenters. The molecule has 0 amide bonds. The third kappa shape index (κ3) is 2.56. The fourth-order valence-electron chi connectivity index (χ4n) is 2.75. The molecule has 1 N–H and O–H groups in total. The lowest BCUT2D eigenvalue weighted by Crippen LogP contribution is -2.21. The molecule has 1 aliphatic carbocycles. The first-order valence-corrected chi connectivity index (χ1v) is 7.01. The van der Waals surface area contributed by atoms with Gasteiger partial charge in [-0.2, -0.15) is 0 Å². The average molecular weight is 230 g/mol. The van der Waals surface area contributed by atoms with E-state index in [1.54, 1.807) is 0 Å². The SMILES string of the molecule is c1cc(NCC2CCC2)cc(N2CCCC2)c1. The number of hydrogen-bond acceptors (Lipinski definition) is 2. The van der Waals surface area contributed by atoms with Gasteiger partial charge in [-0.1, -0.05) is 12.5 Å². The Balaban J connectivity index is 1.61. The minimum absolute atomic E-state index is 0.922. The molecule has 0 spiro atoms. The molecule has 0 bridgehead atoms. The lowest BCUT2D eigenvalue weighted by molar-refractivity contribution is 0.333. The maximum atomic E-state index is 3.58. The van der Waals surface area contributed by atoms with Crippen LogP contribution in [0.5, 0.6) is 0 Å². The van der Waals surface area contributed by atoms with Crippen molar-refractivity contribution in [1.82, 2.24) is 0 Å². The fraction of sp³-hybridized carbons (Fsp3) is 0.600. The van der Waals surface area contributed by atoms with E-state index >= 15 is 0 Å². The molecule has 2 heteroatoms. The van der Waals surface area contributed by atoms with Crippen molar-refractivity contribution in [1.29, 1.82) is 0 Å². The number of anilines is 2. The molecule has 1 heterocycles. The van der Waals surface area contributed by atoms with E-state index in [0.29, 0.717) is 0 Å². The van der Waals surface area contributed by atoms with E-state index < -0.39 is 0 Å². The van der Waals surface area contributed by atoms with Crippen molar-refractivity contribution < 1.29 is 0 Å². The van der Waals surface area contributed by atoms with Crippen LogP contribution in [0.25, 0.3) is 0 Å². The van der Waals surface area contributed by atoms with Gasteiger partial charge in [0.25, 0.3) is 0 Å². The number of hydrogen-bond donors (Lipinski definition) is 1. The van der Waals surface area contributed by atoms with Gasteiger partial charge in [-0.15, -0.1) is 0 Å². The molecule has 0 atom stereocenters. The Labute approximate surface area is 104 Å². The molecular weight excluding hydrogens is 208 g/mol. The van der Waals surface area contributed by atoms with Crippen LogP contribution in [0.3, 0.4) is 0 Å². The van der Waals surface area contributed by atoms with E-state index in [2.05, 4.69) is 34.5 Å². The Morgan fingerprint density at radius 1 is 1.12 bits per heavy atom. The summed E-state index contributed by atoms with van der Waals surface area (Å²) in [7, 11) is 0. The van der Waals surface area contributed by atoms with Crippen LogP contribution in [0.15, 0.2) is 24.3 Å². The molecule has 1 saturated carbocycles. The van der Waals surface area contributed by atoms with Gasteiger partial charge in [0, 0.05) is 31.0 Å². The van der Waals surface area contributed by atoms with Gasteiger partial charge in [0.15, 0.2) is 0 Å². The van der Waals surface area contributed by atoms with E-state index in [1.807, 2.05) is 0 Å². The van der Waals surface area contributed by atoms with Gasteiger partial charge in [0.05, 0.1) is 0 Å². The molecule has 1 aliphatic heterocycles. The monoisotopic (exact) mass is 230 g/mol. The Morgan fingerprint density at radius 2 is 1.94 bits per heavy atom. The third-order valence-corrected chi connectivity index (χ3v) is 4.14. The highest BCUT2D eigenvalue weighted by Crippen LogP contribution is 2.27. The zero-order chi connectivity index (χ0) is 11.5. The summed E-state index contributed by atoms with van der Waals surface area (Å²) in [4.78, 5) is 2.49. The van der Waals surface area contributed by atoms with Crippen molar-refractivity contribution in [2.24, 2.45) is 5.92 Å². The number of rotatable bonds is 4. The first-order chi connectivity index (χ1) is 8.42. The van der Waals surface area contributed by atoms with E-state index in [9.17, 15) is 0 Å². The minimum Gasteiger partial charge on any atom is -0.385 e. The van der Waals surface area contributed by atoms with Crippen molar-refractivity contribution in [3.05, 3.63) is 24.3 Å². The number of benzene rings is 1. The summed E-state index contributed by atoms with van der Waals surface area (Å²) < 4.78 is 0. The molecule has 0 radical (unpaired) electrons. The molecule has 1 aromatic rings. The molecule has 3 rings (SSSR count). The van der Waals surface area contributed by atoms with E-state index in [-0.39, 0.29) is 0 Å². The predicted octanol–water partition coefficient (Wildman–Crippen LogP) is 3.50. The van der Waals surface area contributed by atoms with E-state index in [1.165, 1.54) is 56.6 Å². The second-order valence-electron chi connectivity index (χ2n) is 5.42. The zero-order valence-corrected chi connectivity index (χ0v) is 10.5. The molecule has 1 aromatic carbocycles. The van der Waals surface area contributed by atoms with Crippen LogP contribution in [0.1, 0.15) is 32.1 Å². The summed E-state index contributed by atoms with van der Waals surface area (Å²) in [6.45, 7) is 3.61. The predicted molar refractivity (Wildman–Crippen MR) is 73.7 cm³/mol. The summed E-state index contributed by atoms with van der Waals surface area (Å²) in [5.74, 6) is 0.922. The van der Waals surface area contributed by atoms with Crippen molar-refractivity contribution >= 4 is 11.4 Å². The smallest absolute Gasteiger partial charge is 0.0386 e. The topological polar surface area (TPSA) is 15.3 Å². The molecule has 2 aliphatic rings. The van der Waals surface area contributed by atoms with Crippen LogP contribution in [0.2, 0.25) is 0 Å². The van der Waals surface area contributed by atoms with Crippen LogP contribution in [0.4, 0.5) is 11.4 Å². The summed E-state index contributed by atoms with van der Waals surface area (Å²) >= 11 is 0. The highest BCUT2D eigenvalue weighted by molar-refractivity contribution is 5.58. The molecule has 17 heavy (non-hydrogen) atoms. The molecule has 92 valence electrons. The summed E-state index contributed by atoms with van der Waals surface area (Å²) in [6, 6.07) is 8.92. The van der Waals surface area contributed by atoms with Gasteiger partial charge in [-0.05, 0) is 49.8 Å². The lowest BCUT2D eigenvalue weighted by atomic mass is 9.85. The van der Waals surface area contributed by atoms with Gasteiger partial charge >= 0.3 is 0 Å². The highest BCUT2D eigenvalue weighted by atomic mass is 15.1. The highest BCUT2D eigenvalue weighted by Gasteiger charge is 2.17. The van der Waals surface area contributed by atoms with Crippen molar-refractivity contribution in [2.45, 2.75) is 32.1 Å². The Morgan fingerprint density at radius 3 is 2.65 bits per heavy atom. The van der Waals surface area contributed by atoms with Crippen LogP contribution in [-0.4, -0.2) is 19.6 Å². The normalized spacial score (nSPS) is 20.4. The Hall–Kier alpha value is -1.18. The van der Waals surface area contributed by atoms with Gasteiger partial charge < -0.3 is 10.2 Å². The number of nitrogens with zero attached hydrogens (tertiary/aromatic N) is 1. The summed E-state index contributed by atoms with van der Waals surface area (Å²) in [5.41, 5.74) is 2.68. The third-order valence-electron chi connectivity index (χ3n) is 4.14. The maximum Gasteiger partial charge on any atom is 0.0386 e. The summed E-state index contributed by atoms with van der Waals surface area (Å²) in [6.07, 6.45) is 6.96. The van der Waals surface area contributed by atoms with Crippen molar-refractivity contribution in [3.8, 4) is 0 Å². The second kappa shape index (κ2) is 4.99. The molecule has 1 saturated heterocycles. The van der Waals surface area contributed by atoms with Crippen molar-refractivity contribution in [2.75, 3.05) is 29.9 Å². The standard InChI is InChI=1S/C15H22N2/c1-2-10-17(9-1)15-8-4-7-14(11-15)16-12-13-5-3-6-13/h4,7-8,11,13,16H,1-3,5-6,9-10,12H2. The molecule has 2 fully saturated rings. The minimum atomic E-state index is 0.922.